The van der Waals surface area contributed by atoms with Gasteiger partial charge in [-0.3, -0.25) is 0 Å². The summed E-state index contributed by atoms with van der Waals surface area (Å²) in [7, 11) is -8.80. The topological polar surface area (TPSA) is 152 Å². The Hall–Kier alpha value is -4.06. The van der Waals surface area contributed by atoms with Crippen molar-refractivity contribution < 1.29 is 37.3 Å². The Morgan fingerprint density at radius 3 is 1.65 bits per heavy atom. The molecule has 0 atom stereocenters. The van der Waals surface area contributed by atoms with Gasteiger partial charge in [0.1, 0.15) is 5.88 Å². The number of aromatic hydroxyl groups is 4. The number of phenols is 4. The summed E-state index contributed by atoms with van der Waals surface area (Å²) in [5.41, 5.74) is 2.33. The molecule has 0 aliphatic carbocycles. The lowest BCUT2D eigenvalue weighted by molar-refractivity contribution is 0.400. The van der Waals surface area contributed by atoms with Crippen molar-refractivity contribution in [3.8, 4) is 34.1 Å². The van der Waals surface area contributed by atoms with E-state index in [1.807, 2.05) is 30.3 Å². The molecule has 4 N–H and O–H groups in total. The minimum Gasteiger partial charge on any atom is -0.504 e. The first-order chi connectivity index (χ1) is 17.5. The molecule has 37 heavy (non-hydrogen) atoms. The molecule has 0 saturated carbocycles. The fraction of sp³-hybridized carbons (Fsp3) is 0.0769. The van der Waals surface area contributed by atoms with Gasteiger partial charge < -0.3 is 20.4 Å². The second-order valence-electron chi connectivity index (χ2n) is 8.22. The average molecular weight is 542 g/mol. The van der Waals surface area contributed by atoms with Gasteiger partial charge in [-0.05, 0) is 41.0 Å². The van der Waals surface area contributed by atoms with Crippen molar-refractivity contribution >= 4 is 19.9 Å². The average Bonchev–Trinajstić information content (AvgIpc) is 2.87. The summed E-state index contributed by atoms with van der Waals surface area (Å²) in [6, 6.07) is 22.2. The lowest BCUT2D eigenvalue weighted by atomic mass is 10.0. The van der Waals surface area contributed by atoms with E-state index in [1.165, 1.54) is 0 Å². The molecule has 0 aliphatic rings. The van der Waals surface area contributed by atoms with E-state index in [1.54, 1.807) is 24.3 Å². The largest absolute Gasteiger partial charge is 0.504 e. The third-order valence-corrected chi connectivity index (χ3v) is 9.20. The highest BCUT2D eigenvalue weighted by Crippen LogP contribution is 2.32. The molecular formula is C26H23NO8S2. The lowest BCUT2D eigenvalue weighted by Crippen LogP contribution is -2.35. The van der Waals surface area contributed by atoms with Crippen LogP contribution in [0.2, 0.25) is 0 Å². The highest BCUT2D eigenvalue weighted by molar-refractivity contribution is 7.93. The van der Waals surface area contributed by atoms with E-state index < -0.39 is 58.5 Å². The molecule has 0 spiro atoms. The minimum absolute atomic E-state index is 0.331. The number of phenolic OH excluding ortho intramolecular Hbond substituents is 4. The van der Waals surface area contributed by atoms with E-state index in [0.29, 0.717) is 5.56 Å². The second-order valence-corrected chi connectivity index (χ2v) is 12.1. The molecular weight excluding hydrogens is 518 g/mol. The summed E-state index contributed by atoms with van der Waals surface area (Å²) in [6.45, 7) is -0.331. The fourth-order valence-electron chi connectivity index (χ4n) is 3.61. The Morgan fingerprint density at radius 2 is 1.08 bits per heavy atom. The molecule has 0 aromatic heterocycles. The SMILES string of the molecule is O=S(=O)(CN(Cc1ccc(-c2ccccc2)cc1)S(=O)(=O)c1ccc(O)c(O)c1)c1ccc(O)c(O)c1. The van der Waals surface area contributed by atoms with Crippen LogP contribution in [0.15, 0.2) is 101 Å². The van der Waals surface area contributed by atoms with Gasteiger partial charge in [0.15, 0.2) is 32.8 Å². The van der Waals surface area contributed by atoms with Crippen molar-refractivity contribution in [1.82, 2.24) is 4.31 Å². The Kier molecular flexibility index (Phi) is 7.12. The van der Waals surface area contributed by atoms with Crippen LogP contribution < -0.4 is 0 Å². The normalized spacial score (nSPS) is 12.0. The second kappa shape index (κ2) is 10.1. The first-order valence-corrected chi connectivity index (χ1v) is 14.0. The molecule has 0 amide bonds. The van der Waals surface area contributed by atoms with Crippen LogP contribution in [0.25, 0.3) is 11.1 Å². The standard InChI is InChI=1S/C26H23NO8S2/c28-23-12-10-21(14-25(23)30)36(32,33)17-27(37(34,35)22-11-13-24(29)26(31)15-22)16-18-6-8-20(9-7-18)19-4-2-1-3-5-19/h1-15,28-31H,16-17H2. The van der Waals surface area contributed by atoms with Gasteiger partial charge >= 0.3 is 0 Å². The van der Waals surface area contributed by atoms with Gasteiger partial charge in [-0.2, -0.15) is 4.31 Å². The number of nitrogens with zero attached hydrogens (tertiary/aromatic N) is 1. The van der Waals surface area contributed by atoms with Crippen LogP contribution in [0.4, 0.5) is 0 Å². The zero-order valence-corrected chi connectivity index (χ0v) is 20.9. The van der Waals surface area contributed by atoms with E-state index in [2.05, 4.69) is 0 Å². The predicted octanol–water partition coefficient (Wildman–Crippen LogP) is 3.80. The van der Waals surface area contributed by atoms with Gasteiger partial charge in [-0.15, -0.1) is 0 Å². The first-order valence-electron chi connectivity index (χ1n) is 10.9. The third-order valence-electron chi connectivity index (χ3n) is 5.62. The van der Waals surface area contributed by atoms with Crippen LogP contribution in [-0.4, -0.2) is 47.4 Å². The fourth-order valence-corrected chi connectivity index (χ4v) is 6.89. The van der Waals surface area contributed by atoms with Gasteiger partial charge in [0, 0.05) is 18.7 Å². The number of benzene rings is 4. The molecule has 4 rings (SSSR count). The number of hydrogen-bond donors (Lipinski definition) is 4. The molecule has 4 aromatic rings. The van der Waals surface area contributed by atoms with Crippen molar-refractivity contribution in [2.45, 2.75) is 16.3 Å². The molecule has 9 nitrogen and oxygen atoms in total. The van der Waals surface area contributed by atoms with Gasteiger partial charge in [0.2, 0.25) is 10.0 Å². The lowest BCUT2D eigenvalue weighted by Gasteiger charge is -2.23. The predicted molar refractivity (Wildman–Crippen MR) is 136 cm³/mol. The Labute approximate surface area is 214 Å². The summed E-state index contributed by atoms with van der Waals surface area (Å²) in [5.74, 6) is -3.41. The number of rotatable bonds is 8. The van der Waals surface area contributed by atoms with Crippen molar-refractivity contribution in [1.29, 1.82) is 0 Å². The van der Waals surface area contributed by atoms with Gasteiger partial charge in [0.05, 0.1) is 9.79 Å². The number of sulfone groups is 1. The van der Waals surface area contributed by atoms with Crippen LogP contribution >= 0.6 is 0 Å². The molecule has 4 aromatic carbocycles. The summed E-state index contributed by atoms with van der Waals surface area (Å²) in [5, 5.41) is 38.7. The molecule has 192 valence electrons. The highest BCUT2D eigenvalue weighted by Gasteiger charge is 2.31. The third kappa shape index (κ3) is 5.69. The van der Waals surface area contributed by atoms with Gasteiger partial charge in [-0.1, -0.05) is 54.6 Å². The maximum absolute atomic E-state index is 13.5. The molecule has 11 heteroatoms. The van der Waals surface area contributed by atoms with Crippen molar-refractivity contribution in [3.63, 3.8) is 0 Å². The molecule has 0 fully saturated rings. The quantitative estimate of drug-likeness (QED) is 0.246. The Balaban J connectivity index is 1.72. The maximum Gasteiger partial charge on any atom is 0.244 e. The number of hydrogen-bond acceptors (Lipinski definition) is 8. The van der Waals surface area contributed by atoms with Crippen LogP contribution in [0, 0.1) is 0 Å². The van der Waals surface area contributed by atoms with Gasteiger partial charge in [-0.25, -0.2) is 16.8 Å². The Bertz CT molecular complexity index is 1640. The van der Waals surface area contributed by atoms with Crippen LogP contribution in [-0.2, 0) is 26.4 Å². The van der Waals surface area contributed by atoms with E-state index in [9.17, 15) is 37.3 Å². The molecule has 0 bridgehead atoms. The molecule has 0 unspecified atom stereocenters. The summed E-state index contributed by atoms with van der Waals surface area (Å²) in [4.78, 5) is -0.816. The minimum atomic E-state index is -4.49. The van der Waals surface area contributed by atoms with E-state index in [0.717, 1.165) is 51.8 Å². The Morgan fingerprint density at radius 1 is 0.568 bits per heavy atom. The van der Waals surface area contributed by atoms with Crippen LogP contribution in [0.5, 0.6) is 23.0 Å². The maximum atomic E-state index is 13.5. The molecule has 0 saturated heterocycles. The van der Waals surface area contributed by atoms with Crippen molar-refractivity contribution in [2.75, 3.05) is 5.88 Å². The smallest absolute Gasteiger partial charge is 0.244 e. The van der Waals surface area contributed by atoms with Crippen LogP contribution in [0.1, 0.15) is 5.56 Å². The van der Waals surface area contributed by atoms with E-state index >= 15 is 0 Å². The summed E-state index contributed by atoms with van der Waals surface area (Å²) >= 11 is 0. The monoisotopic (exact) mass is 541 g/mol. The molecule has 0 heterocycles. The van der Waals surface area contributed by atoms with E-state index in [-0.39, 0.29) is 6.54 Å². The van der Waals surface area contributed by atoms with Crippen molar-refractivity contribution in [3.05, 3.63) is 96.6 Å². The zero-order chi connectivity index (χ0) is 26.8. The summed E-state index contributed by atoms with van der Waals surface area (Å²) in [6.07, 6.45) is 0. The highest BCUT2D eigenvalue weighted by atomic mass is 32.2. The van der Waals surface area contributed by atoms with Crippen molar-refractivity contribution in [2.24, 2.45) is 0 Å². The van der Waals surface area contributed by atoms with E-state index in [4.69, 9.17) is 0 Å². The zero-order valence-electron chi connectivity index (χ0n) is 19.3. The summed E-state index contributed by atoms with van der Waals surface area (Å²) < 4.78 is 54.0. The first kappa shape index (κ1) is 26.0. The molecule has 0 radical (unpaired) electrons. The number of sulfonamides is 1. The van der Waals surface area contributed by atoms with Crippen LogP contribution in [0.3, 0.4) is 0 Å². The molecule has 0 aliphatic heterocycles. The van der Waals surface area contributed by atoms with Gasteiger partial charge in [0.25, 0.3) is 0 Å².